The van der Waals surface area contributed by atoms with Gasteiger partial charge in [0.2, 0.25) is 5.91 Å². The van der Waals surface area contributed by atoms with Crippen molar-refractivity contribution < 1.29 is 22.7 Å². The number of carbonyl (C=O) groups is 2. The van der Waals surface area contributed by atoms with E-state index in [1.165, 1.54) is 31.1 Å². The second-order valence-corrected chi connectivity index (χ2v) is 12.1. The first kappa shape index (κ1) is 30.8. The average molecular weight is 584 g/mol. The standard InChI is InChI=1S/C30H33N3O5S.ClH/c1-20-27(33(28(34)30(20,2)29(35)38-3)19-7-10-21-8-5-4-6-9-21)39(36,37)25-17-15-23(16-18-25)22-11-13-24(14-12-22)26(31)32;/h4-6,8-9,11-18,20,27H,7,10,19H2,1-3H3,(H3,31,32);1H/t20?,27-,30-;/m0./s1. The molecule has 3 aromatic rings. The van der Waals surface area contributed by atoms with Gasteiger partial charge in [0.05, 0.1) is 12.0 Å². The molecule has 0 bridgehead atoms. The van der Waals surface area contributed by atoms with Gasteiger partial charge in [0.15, 0.2) is 9.84 Å². The third kappa shape index (κ3) is 5.62. The Morgan fingerprint density at radius 1 is 1.00 bits per heavy atom. The van der Waals surface area contributed by atoms with Gasteiger partial charge in [-0.2, -0.15) is 0 Å². The molecule has 1 aliphatic heterocycles. The van der Waals surface area contributed by atoms with Crippen LogP contribution in [0.2, 0.25) is 0 Å². The molecule has 1 aliphatic rings. The van der Waals surface area contributed by atoms with E-state index in [-0.39, 0.29) is 29.7 Å². The van der Waals surface area contributed by atoms with Gasteiger partial charge in [-0.15, -0.1) is 12.4 Å². The molecule has 0 aliphatic carbocycles. The lowest BCUT2D eigenvalue weighted by Gasteiger charge is -2.27. The second kappa shape index (κ2) is 12.2. The van der Waals surface area contributed by atoms with Crippen LogP contribution in [0.25, 0.3) is 11.1 Å². The fourth-order valence-corrected chi connectivity index (χ4v) is 7.37. The van der Waals surface area contributed by atoms with E-state index in [2.05, 4.69) is 0 Å². The van der Waals surface area contributed by atoms with Gasteiger partial charge in [-0.3, -0.25) is 15.0 Å². The number of ether oxygens (including phenoxy) is 1. The number of benzene rings is 3. The zero-order chi connectivity index (χ0) is 28.4. The number of hydrogen-bond donors (Lipinski definition) is 2. The molecule has 8 nitrogen and oxygen atoms in total. The van der Waals surface area contributed by atoms with Crippen LogP contribution in [0.4, 0.5) is 0 Å². The Morgan fingerprint density at radius 2 is 1.55 bits per heavy atom. The summed E-state index contributed by atoms with van der Waals surface area (Å²) in [6.45, 7) is 3.29. The predicted octanol–water partition coefficient (Wildman–Crippen LogP) is 4.45. The zero-order valence-electron chi connectivity index (χ0n) is 22.7. The molecule has 0 radical (unpaired) electrons. The average Bonchev–Trinajstić information content (AvgIpc) is 3.15. The first-order valence-electron chi connectivity index (χ1n) is 12.7. The monoisotopic (exact) mass is 583 g/mol. The Hall–Kier alpha value is -3.69. The predicted molar refractivity (Wildman–Crippen MR) is 157 cm³/mol. The van der Waals surface area contributed by atoms with Crippen molar-refractivity contribution >= 4 is 40.0 Å². The fourth-order valence-electron chi connectivity index (χ4n) is 5.23. The number of nitrogens with one attached hydrogen (secondary N) is 1. The quantitative estimate of drug-likeness (QED) is 0.166. The fraction of sp³-hybridized carbons (Fsp3) is 0.300. The van der Waals surface area contributed by atoms with Gasteiger partial charge in [-0.05, 0) is 48.6 Å². The Labute approximate surface area is 241 Å². The minimum absolute atomic E-state index is 0. The van der Waals surface area contributed by atoms with Crippen LogP contribution in [-0.2, 0) is 30.6 Å². The van der Waals surface area contributed by atoms with E-state index in [0.717, 1.165) is 16.7 Å². The van der Waals surface area contributed by atoms with Gasteiger partial charge in [0.25, 0.3) is 0 Å². The number of sulfone groups is 1. The topological polar surface area (TPSA) is 131 Å². The van der Waals surface area contributed by atoms with Gasteiger partial charge in [0, 0.05) is 18.0 Å². The van der Waals surface area contributed by atoms with Crippen LogP contribution in [0, 0.1) is 16.7 Å². The second-order valence-electron chi connectivity index (χ2n) is 10.0. The number of rotatable bonds is 9. The van der Waals surface area contributed by atoms with Crippen LogP contribution >= 0.6 is 12.4 Å². The number of carbonyl (C=O) groups excluding carboxylic acids is 2. The first-order chi connectivity index (χ1) is 18.5. The third-order valence-electron chi connectivity index (χ3n) is 7.70. The Kier molecular flexibility index (Phi) is 9.43. The number of likely N-dealkylation sites (tertiary alicyclic amines) is 1. The molecule has 3 aromatic carbocycles. The van der Waals surface area contributed by atoms with E-state index in [4.69, 9.17) is 15.9 Å². The SMILES string of the molecule is COC(=O)[C@]1(C)C(=O)N(CCCc2ccccc2)[C@@H](S(=O)(=O)c2ccc(-c3ccc(C(=N)N)cc3)cc2)C1C.Cl. The van der Waals surface area contributed by atoms with E-state index in [1.807, 2.05) is 42.5 Å². The minimum Gasteiger partial charge on any atom is -0.468 e. The van der Waals surface area contributed by atoms with E-state index >= 15 is 0 Å². The summed E-state index contributed by atoms with van der Waals surface area (Å²) in [6, 6.07) is 23.3. The van der Waals surface area contributed by atoms with Crippen molar-refractivity contribution in [2.24, 2.45) is 17.1 Å². The van der Waals surface area contributed by atoms with Crippen LogP contribution in [0.15, 0.2) is 83.8 Å². The maximum absolute atomic E-state index is 14.0. The molecule has 1 unspecified atom stereocenters. The van der Waals surface area contributed by atoms with Crippen molar-refractivity contribution in [2.45, 2.75) is 37.0 Å². The summed E-state index contributed by atoms with van der Waals surface area (Å²) in [5, 5.41) is 6.33. The van der Waals surface area contributed by atoms with E-state index in [1.54, 1.807) is 31.2 Å². The molecule has 3 N–H and O–H groups in total. The normalized spacial score (nSPS) is 20.6. The molecule has 0 saturated carbocycles. The number of nitrogens with two attached hydrogens (primary N) is 1. The summed E-state index contributed by atoms with van der Waals surface area (Å²) in [5.41, 5.74) is 7.23. The molecule has 0 spiro atoms. The van der Waals surface area contributed by atoms with Crippen LogP contribution in [0.5, 0.6) is 0 Å². The Bertz CT molecular complexity index is 1480. The highest BCUT2D eigenvalue weighted by Crippen LogP contribution is 2.46. The number of nitrogen functional groups attached to an aromatic ring is 1. The van der Waals surface area contributed by atoms with E-state index in [9.17, 15) is 18.0 Å². The summed E-state index contributed by atoms with van der Waals surface area (Å²) in [6.07, 6.45) is 1.21. The van der Waals surface area contributed by atoms with Gasteiger partial charge in [-0.1, -0.05) is 73.7 Å². The molecule has 10 heteroatoms. The molecular formula is C30H34ClN3O5S. The van der Waals surface area contributed by atoms with Crippen LogP contribution < -0.4 is 5.73 Å². The highest BCUT2D eigenvalue weighted by Gasteiger charge is 2.63. The molecule has 1 saturated heterocycles. The number of amides is 1. The molecule has 212 valence electrons. The van der Waals surface area contributed by atoms with Crippen molar-refractivity contribution in [1.29, 1.82) is 5.41 Å². The van der Waals surface area contributed by atoms with Crippen molar-refractivity contribution in [3.8, 4) is 11.1 Å². The number of hydrogen-bond acceptors (Lipinski definition) is 6. The Morgan fingerprint density at radius 3 is 2.08 bits per heavy atom. The molecule has 1 heterocycles. The first-order valence-corrected chi connectivity index (χ1v) is 14.3. The van der Waals surface area contributed by atoms with Crippen molar-refractivity contribution in [3.05, 3.63) is 90.0 Å². The number of esters is 1. The molecule has 1 amide bonds. The number of amidine groups is 1. The van der Waals surface area contributed by atoms with Gasteiger partial charge in [0.1, 0.15) is 16.6 Å². The van der Waals surface area contributed by atoms with Crippen LogP contribution in [-0.4, -0.2) is 50.1 Å². The number of methoxy groups -OCH3 is 1. The lowest BCUT2D eigenvalue weighted by Crippen LogP contribution is -2.42. The van der Waals surface area contributed by atoms with Gasteiger partial charge < -0.3 is 15.4 Å². The number of aryl methyl sites for hydroxylation is 1. The minimum atomic E-state index is -4.04. The van der Waals surface area contributed by atoms with Crippen LogP contribution in [0.3, 0.4) is 0 Å². The summed E-state index contributed by atoms with van der Waals surface area (Å²) in [7, 11) is -2.84. The van der Waals surface area contributed by atoms with Crippen LogP contribution in [0.1, 0.15) is 31.4 Å². The number of nitrogens with zero attached hydrogens (tertiary/aromatic N) is 1. The molecule has 3 atom stereocenters. The third-order valence-corrected chi connectivity index (χ3v) is 9.93. The Balaban J connectivity index is 0.00000441. The van der Waals surface area contributed by atoms with Crippen molar-refractivity contribution in [1.82, 2.24) is 4.90 Å². The molecular weight excluding hydrogens is 550 g/mol. The smallest absolute Gasteiger partial charge is 0.321 e. The van der Waals surface area contributed by atoms with Gasteiger partial charge in [-0.25, -0.2) is 8.42 Å². The highest BCUT2D eigenvalue weighted by molar-refractivity contribution is 7.92. The maximum atomic E-state index is 14.0. The highest BCUT2D eigenvalue weighted by atomic mass is 35.5. The summed E-state index contributed by atoms with van der Waals surface area (Å²) >= 11 is 0. The van der Waals surface area contributed by atoms with E-state index in [0.29, 0.717) is 18.4 Å². The van der Waals surface area contributed by atoms with Crippen molar-refractivity contribution in [3.63, 3.8) is 0 Å². The lowest BCUT2D eigenvalue weighted by molar-refractivity contribution is -0.159. The molecule has 1 fully saturated rings. The summed E-state index contributed by atoms with van der Waals surface area (Å²) in [5.74, 6) is -2.14. The zero-order valence-corrected chi connectivity index (χ0v) is 24.3. The number of halogens is 1. The molecule has 4 rings (SSSR count). The summed E-state index contributed by atoms with van der Waals surface area (Å²) < 4.78 is 33.0. The van der Waals surface area contributed by atoms with E-state index < -0.39 is 38.4 Å². The largest absolute Gasteiger partial charge is 0.468 e. The summed E-state index contributed by atoms with van der Waals surface area (Å²) in [4.78, 5) is 27.8. The lowest BCUT2D eigenvalue weighted by atomic mass is 9.80. The van der Waals surface area contributed by atoms with Gasteiger partial charge >= 0.3 is 5.97 Å². The molecule has 40 heavy (non-hydrogen) atoms. The maximum Gasteiger partial charge on any atom is 0.321 e. The van der Waals surface area contributed by atoms with Crippen molar-refractivity contribution in [2.75, 3.05) is 13.7 Å². The molecule has 0 aromatic heterocycles.